The molecular formula is C18H18N4O. The molecule has 2 heterocycles. The third-order valence-electron chi connectivity index (χ3n) is 4.42. The number of aromatic amines is 1. The van der Waals surface area contributed by atoms with Gasteiger partial charge in [-0.1, -0.05) is 18.2 Å². The molecule has 0 saturated heterocycles. The van der Waals surface area contributed by atoms with E-state index in [-0.39, 0.29) is 11.8 Å². The predicted octanol–water partition coefficient (Wildman–Crippen LogP) is 3.01. The molecule has 0 saturated carbocycles. The van der Waals surface area contributed by atoms with Gasteiger partial charge in [-0.25, -0.2) is 4.98 Å². The maximum atomic E-state index is 12.7. The molecule has 2 aromatic heterocycles. The van der Waals surface area contributed by atoms with Gasteiger partial charge in [-0.05, 0) is 31.9 Å². The molecule has 1 amide bonds. The van der Waals surface area contributed by atoms with Crippen LogP contribution in [0.2, 0.25) is 0 Å². The highest BCUT2D eigenvalue weighted by molar-refractivity contribution is 6.01. The van der Waals surface area contributed by atoms with Crippen molar-refractivity contribution in [2.24, 2.45) is 5.92 Å². The Bertz CT molecular complexity index is 878. The number of amides is 1. The van der Waals surface area contributed by atoms with Gasteiger partial charge in [0.1, 0.15) is 5.82 Å². The van der Waals surface area contributed by atoms with E-state index >= 15 is 0 Å². The monoisotopic (exact) mass is 306 g/mol. The number of hydrogen-bond acceptors (Lipinski definition) is 3. The lowest BCUT2D eigenvalue weighted by molar-refractivity contribution is -0.120. The number of anilines is 1. The molecule has 2 N–H and O–H groups in total. The summed E-state index contributed by atoms with van der Waals surface area (Å²) < 4.78 is 0. The Morgan fingerprint density at radius 1 is 1.30 bits per heavy atom. The van der Waals surface area contributed by atoms with E-state index in [9.17, 15) is 4.79 Å². The summed E-state index contributed by atoms with van der Waals surface area (Å²) in [6.07, 6.45) is 4.16. The third kappa shape index (κ3) is 2.59. The number of fused-ring (bicyclic) bond motifs is 2. The Morgan fingerprint density at radius 2 is 2.17 bits per heavy atom. The Kier molecular flexibility index (Phi) is 3.33. The van der Waals surface area contributed by atoms with Crippen molar-refractivity contribution >= 4 is 22.5 Å². The van der Waals surface area contributed by atoms with Gasteiger partial charge in [-0.15, -0.1) is 0 Å². The number of para-hydroxylation sites is 1. The van der Waals surface area contributed by atoms with Crippen LogP contribution in [0.15, 0.2) is 36.5 Å². The molecule has 116 valence electrons. The van der Waals surface area contributed by atoms with Crippen LogP contribution in [-0.4, -0.2) is 20.9 Å². The molecule has 1 aliphatic carbocycles. The van der Waals surface area contributed by atoms with Gasteiger partial charge in [0.25, 0.3) is 0 Å². The number of pyridine rings is 1. The summed E-state index contributed by atoms with van der Waals surface area (Å²) in [7, 11) is 0. The number of rotatable bonds is 2. The first-order chi connectivity index (χ1) is 11.2. The number of nitrogens with zero attached hydrogens (tertiary/aromatic N) is 2. The molecule has 23 heavy (non-hydrogen) atoms. The van der Waals surface area contributed by atoms with Crippen LogP contribution in [0.1, 0.15) is 23.6 Å². The number of benzene rings is 1. The molecule has 0 bridgehead atoms. The lowest BCUT2D eigenvalue weighted by Gasteiger charge is -2.21. The van der Waals surface area contributed by atoms with Gasteiger partial charge in [0.15, 0.2) is 0 Å². The van der Waals surface area contributed by atoms with E-state index in [1.54, 1.807) is 6.20 Å². The number of hydrogen-bond donors (Lipinski definition) is 2. The minimum Gasteiger partial charge on any atom is -0.346 e. The van der Waals surface area contributed by atoms with Gasteiger partial charge in [0.05, 0.1) is 16.9 Å². The summed E-state index contributed by atoms with van der Waals surface area (Å²) in [6, 6.07) is 9.74. The van der Waals surface area contributed by atoms with Crippen molar-refractivity contribution in [2.75, 3.05) is 5.32 Å². The average molecular weight is 306 g/mol. The van der Waals surface area contributed by atoms with Crippen LogP contribution < -0.4 is 5.32 Å². The smallest absolute Gasteiger partial charge is 0.227 e. The van der Waals surface area contributed by atoms with Crippen LogP contribution in [-0.2, 0) is 17.6 Å². The van der Waals surface area contributed by atoms with Crippen molar-refractivity contribution in [3.63, 3.8) is 0 Å². The second-order valence-electron chi connectivity index (χ2n) is 6.06. The fourth-order valence-electron chi connectivity index (χ4n) is 3.29. The van der Waals surface area contributed by atoms with Gasteiger partial charge < -0.3 is 10.3 Å². The summed E-state index contributed by atoms with van der Waals surface area (Å²) in [4.78, 5) is 24.8. The average Bonchev–Trinajstić information content (AvgIpc) is 2.94. The van der Waals surface area contributed by atoms with Gasteiger partial charge in [0.2, 0.25) is 5.91 Å². The highest BCUT2D eigenvalue weighted by Gasteiger charge is 2.27. The second kappa shape index (κ2) is 5.50. The topological polar surface area (TPSA) is 70.7 Å². The lowest BCUT2D eigenvalue weighted by Crippen LogP contribution is -2.28. The molecule has 5 nitrogen and oxygen atoms in total. The standard InChI is InChI=1S/C18H18N4O/c1-11-20-14-8-7-13(10-16(14)21-11)18(23)22-15-6-2-4-12-5-3-9-19-17(12)15/h2-6,9,13H,7-8,10H2,1H3,(H,20,21)(H,22,23). The van der Waals surface area contributed by atoms with Gasteiger partial charge >= 0.3 is 0 Å². The fourth-order valence-corrected chi connectivity index (χ4v) is 3.29. The molecule has 5 heteroatoms. The number of H-pyrrole nitrogens is 1. The van der Waals surface area contributed by atoms with Crippen LogP contribution in [0.25, 0.3) is 10.9 Å². The van der Waals surface area contributed by atoms with Crippen LogP contribution in [0.4, 0.5) is 5.69 Å². The Morgan fingerprint density at radius 3 is 3.09 bits per heavy atom. The van der Waals surface area contributed by atoms with E-state index in [1.807, 2.05) is 37.3 Å². The van der Waals surface area contributed by atoms with Crippen molar-refractivity contribution in [1.29, 1.82) is 0 Å². The van der Waals surface area contributed by atoms with Gasteiger partial charge in [0, 0.05) is 29.6 Å². The van der Waals surface area contributed by atoms with Crippen LogP contribution in [0.5, 0.6) is 0 Å². The SMILES string of the molecule is Cc1nc2c([nH]1)CC(C(=O)Nc1cccc3cccnc13)CC2. The first-order valence-corrected chi connectivity index (χ1v) is 7.89. The molecule has 0 fully saturated rings. The van der Waals surface area contributed by atoms with Crippen LogP contribution in [0, 0.1) is 12.8 Å². The van der Waals surface area contributed by atoms with Crippen molar-refractivity contribution in [2.45, 2.75) is 26.2 Å². The Balaban J connectivity index is 1.56. The van der Waals surface area contributed by atoms with E-state index < -0.39 is 0 Å². The Labute approximate surface area is 134 Å². The minimum atomic E-state index is -0.0266. The van der Waals surface area contributed by atoms with Crippen LogP contribution >= 0.6 is 0 Å². The van der Waals surface area contributed by atoms with E-state index in [1.165, 1.54) is 0 Å². The summed E-state index contributed by atoms with van der Waals surface area (Å²) in [5.41, 5.74) is 3.82. The molecule has 4 rings (SSSR count). The van der Waals surface area contributed by atoms with Crippen molar-refractivity contribution < 1.29 is 4.79 Å². The van der Waals surface area contributed by atoms with E-state index in [0.29, 0.717) is 0 Å². The first-order valence-electron chi connectivity index (χ1n) is 7.89. The zero-order valence-electron chi connectivity index (χ0n) is 13.0. The number of nitrogens with one attached hydrogen (secondary N) is 2. The molecule has 1 aliphatic rings. The molecule has 1 atom stereocenters. The zero-order chi connectivity index (χ0) is 15.8. The molecular weight excluding hydrogens is 288 g/mol. The fraction of sp³-hybridized carbons (Fsp3) is 0.278. The van der Waals surface area contributed by atoms with Crippen molar-refractivity contribution in [3.05, 3.63) is 53.7 Å². The number of imidazole rings is 1. The van der Waals surface area contributed by atoms with Crippen LogP contribution in [0.3, 0.4) is 0 Å². The summed E-state index contributed by atoms with van der Waals surface area (Å²) in [5, 5.41) is 4.08. The van der Waals surface area contributed by atoms with Crippen molar-refractivity contribution in [1.82, 2.24) is 15.0 Å². The maximum Gasteiger partial charge on any atom is 0.227 e. The van der Waals surface area contributed by atoms with E-state index in [4.69, 9.17) is 0 Å². The second-order valence-corrected chi connectivity index (χ2v) is 6.06. The summed E-state index contributed by atoms with van der Waals surface area (Å²) in [5.74, 6) is 0.955. The maximum absolute atomic E-state index is 12.7. The van der Waals surface area contributed by atoms with Gasteiger partial charge in [-0.3, -0.25) is 9.78 Å². The number of aryl methyl sites for hydroxylation is 2. The zero-order valence-corrected chi connectivity index (χ0v) is 13.0. The van der Waals surface area contributed by atoms with Crippen molar-refractivity contribution in [3.8, 4) is 0 Å². The molecule has 1 unspecified atom stereocenters. The largest absolute Gasteiger partial charge is 0.346 e. The molecule has 0 spiro atoms. The normalized spacial score (nSPS) is 17.0. The first kappa shape index (κ1) is 13.9. The van der Waals surface area contributed by atoms with E-state index in [0.717, 1.165) is 53.1 Å². The predicted molar refractivity (Wildman–Crippen MR) is 89.2 cm³/mol. The highest BCUT2D eigenvalue weighted by atomic mass is 16.1. The molecule has 0 aliphatic heterocycles. The summed E-state index contributed by atoms with van der Waals surface area (Å²) >= 11 is 0. The number of carbonyl (C=O) groups is 1. The lowest BCUT2D eigenvalue weighted by atomic mass is 9.89. The minimum absolute atomic E-state index is 0.0266. The number of carbonyl (C=O) groups excluding carboxylic acids is 1. The third-order valence-corrected chi connectivity index (χ3v) is 4.42. The molecule has 0 radical (unpaired) electrons. The Hall–Kier alpha value is -2.69. The molecule has 1 aromatic carbocycles. The number of aromatic nitrogens is 3. The van der Waals surface area contributed by atoms with E-state index in [2.05, 4.69) is 20.3 Å². The molecule has 3 aromatic rings. The van der Waals surface area contributed by atoms with Gasteiger partial charge in [-0.2, -0.15) is 0 Å². The highest BCUT2D eigenvalue weighted by Crippen LogP contribution is 2.26. The quantitative estimate of drug-likeness (QED) is 0.764. The summed E-state index contributed by atoms with van der Waals surface area (Å²) in [6.45, 7) is 1.95.